The lowest BCUT2D eigenvalue weighted by Gasteiger charge is -1.98. The third-order valence-corrected chi connectivity index (χ3v) is 2.06. The molecule has 0 aromatic heterocycles. The van der Waals surface area contributed by atoms with Gasteiger partial charge in [-0.1, -0.05) is 38.8 Å². The Morgan fingerprint density at radius 3 is 2.31 bits per heavy atom. The smallest absolute Gasteiger partial charge is 0.00143 e. The minimum absolute atomic E-state index is 1.14. The van der Waals surface area contributed by atoms with Gasteiger partial charge in [0.1, 0.15) is 0 Å². The lowest BCUT2D eigenvalue weighted by atomic mass is 10.2. The van der Waals surface area contributed by atoms with E-state index in [9.17, 15) is 0 Å². The van der Waals surface area contributed by atoms with Crippen molar-refractivity contribution in [3.8, 4) is 0 Å². The van der Waals surface area contributed by atoms with Crippen molar-refractivity contribution in [2.45, 2.75) is 52.4 Å². The van der Waals surface area contributed by atoms with Crippen LogP contribution >= 0.6 is 0 Å². The highest BCUT2D eigenvalue weighted by Crippen LogP contribution is 1.99. The predicted octanol–water partition coefficient (Wildman–Crippen LogP) is 3.51. The van der Waals surface area contributed by atoms with E-state index >= 15 is 0 Å². The first-order valence-electron chi connectivity index (χ1n) is 5.77. The van der Waals surface area contributed by atoms with Gasteiger partial charge in [0, 0.05) is 0 Å². The summed E-state index contributed by atoms with van der Waals surface area (Å²) in [5.74, 6) is 0. The Kier molecular flexibility index (Phi) is 11.4. The summed E-state index contributed by atoms with van der Waals surface area (Å²) in [6, 6.07) is 0. The standard InChI is InChI=1S/C12H25N/c1-3-5-6-7-8-9-10-12-13-11-4-2/h8-9,13H,3-7,10-12H2,1-2H3. The maximum atomic E-state index is 3.39. The fraction of sp³-hybridized carbons (Fsp3) is 0.833. The summed E-state index contributed by atoms with van der Waals surface area (Å²) in [4.78, 5) is 0. The van der Waals surface area contributed by atoms with Crippen molar-refractivity contribution in [2.24, 2.45) is 0 Å². The van der Waals surface area contributed by atoms with Crippen molar-refractivity contribution in [1.82, 2.24) is 5.32 Å². The minimum Gasteiger partial charge on any atom is -0.316 e. The molecule has 0 amide bonds. The van der Waals surface area contributed by atoms with Crippen LogP contribution < -0.4 is 5.32 Å². The molecular weight excluding hydrogens is 158 g/mol. The summed E-state index contributed by atoms with van der Waals surface area (Å²) in [7, 11) is 0. The number of hydrogen-bond donors (Lipinski definition) is 1. The van der Waals surface area contributed by atoms with Crippen molar-refractivity contribution >= 4 is 0 Å². The summed E-state index contributed by atoms with van der Waals surface area (Å²) in [5.41, 5.74) is 0. The van der Waals surface area contributed by atoms with Crippen LogP contribution in [0.1, 0.15) is 52.4 Å². The number of rotatable bonds is 9. The lowest BCUT2D eigenvalue weighted by Crippen LogP contribution is -2.14. The van der Waals surface area contributed by atoms with Gasteiger partial charge in [-0.15, -0.1) is 0 Å². The van der Waals surface area contributed by atoms with Gasteiger partial charge in [0.05, 0.1) is 0 Å². The normalized spacial score (nSPS) is 11.2. The Labute approximate surface area is 83.6 Å². The van der Waals surface area contributed by atoms with E-state index in [0.29, 0.717) is 0 Å². The summed E-state index contributed by atoms with van der Waals surface area (Å²) in [6.07, 6.45) is 12.4. The Balaban J connectivity index is 2.95. The average molecular weight is 183 g/mol. The molecule has 78 valence electrons. The number of unbranched alkanes of at least 4 members (excludes halogenated alkanes) is 3. The van der Waals surface area contributed by atoms with Crippen LogP contribution in [0.2, 0.25) is 0 Å². The van der Waals surface area contributed by atoms with E-state index < -0.39 is 0 Å². The molecule has 0 aromatic rings. The summed E-state index contributed by atoms with van der Waals surface area (Å²) >= 11 is 0. The quantitative estimate of drug-likeness (QED) is 0.426. The SMILES string of the molecule is CCCCCC=CCCNCCC. The summed E-state index contributed by atoms with van der Waals surface area (Å²) < 4.78 is 0. The molecule has 1 heteroatoms. The van der Waals surface area contributed by atoms with E-state index in [-0.39, 0.29) is 0 Å². The maximum Gasteiger partial charge on any atom is -0.00143 e. The molecule has 0 rings (SSSR count). The molecule has 0 fully saturated rings. The highest BCUT2D eigenvalue weighted by atomic mass is 14.8. The van der Waals surface area contributed by atoms with Gasteiger partial charge >= 0.3 is 0 Å². The van der Waals surface area contributed by atoms with E-state index in [1.165, 1.54) is 38.5 Å². The van der Waals surface area contributed by atoms with Gasteiger partial charge in [-0.25, -0.2) is 0 Å². The second kappa shape index (κ2) is 11.7. The molecule has 0 aromatic carbocycles. The number of nitrogens with one attached hydrogen (secondary N) is 1. The zero-order chi connectivity index (χ0) is 9.78. The second-order valence-corrected chi connectivity index (χ2v) is 3.51. The van der Waals surface area contributed by atoms with Gasteiger partial charge in [-0.05, 0) is 38.8 Å². The lowest BCUT2D eigenvalue weighted by molar-refractivity contribution is 0.676. The molecule has 13 heavy (non-hydrogen) atoms. The molecule has 0 radical (unpaired) electrons. The Bertz CT molecular complexity index is 108. The van der Waals surface area contributed by atoms with Gasteiger partial charge in [-0.2, -0.15) is 0 Å². The Hall–Kier alpha value is -0.300. The topological polar surface area (TPSA) is 12.0 Å². The van der Waals surface area contributed by atoms with E-state index in [2.05, 4.69) is 31.3 Å². The molecule has 1 nitrogen and oxygen atoms in total. The Morgan fingerprint density at radius 1 is 0.846 bits per heavy atom. The molecule has 0 atom stereocenters. The third-order valence-electron chi connectivity index (χ3n) is 2.06. The van der Waals surface area contributed by atoms with Crippen LogP contribution in [-0.4, -0.2) is 13.1 Å². The van der Waals surface area contributed by atoms with Crippen molar-refractivity contribution in [3.05, 3.63) is 12.2 Å². The van der Waals surface area contributed by atoms with Crippen molar-refractivity contribution < 1.29 is 0 Å². The summed E-state index contributed by atoms with van der Waals surface area (Å²) in [5, 5.41) is 3.39. The Morgan fingerprint density at radius 2 is 1.62 bits per heavy atom. The number of allylic oxidation sites excluding steroid dienone is 1. The molecule has 0 saturated heterocycles. The monoisotopic (exact) mass is 183 g/mol. The van der Waals surface area contributed by atoms with Gasteiger partial charge < -0.3 is 5.32 Å². The van der Waals surface area contributed by atoms with Crippen LogP contribution in [0.4, 0.5) is 0 Å². The number of hydrogen-bond acceptors (Lipinski definition) is 1. The van der Waals surface area contributed by atoms with E-state index in [1.54, 1.807) is 0 Å². The van der Waals surface area contributed by atoms with Crippen LogP contribution in [0.3, 0.4) is 0 Å². The molecule has 0 unspecified atom stereocenters. The molecule has 0 spiro atoms. The zero-order valence-electron chi connectivity index (χ0n) is 9.31. The molecule has 0 saturated carbocycles. The molecule has 1 N–H and O–H groups in total. The van der Waals surface area contributed by atoms with Crippen molar-refractivity contribution in [3.63, 3.8) is 0 Å². The van der Waals surface area contributed by atoms with Crippen LogP contribution in [-0.2, 0) is 0 Å². The second-order valence-electron chi connectivity index (χ2n) is 3.51. The first kappa shape index (κ1) is 12.7. The third kappa shape index (κ3) is 11.7. The molecule has 0 aliphatic rings. The summed E-state index contributed by atoms with van der Waals surface area (Å²) in [6.45, 7) is 6.74. The van der Waals surface area contributed by atoms with E-state index in [4.69, 9.17) is 0 Å². The van der Waals surface area contributed by atoms with E-state index in [0.717, 1.165) is 13.1 Å². The average Bonchev–Trinajstić information content (AvgIpc) is 2.16. The van der Waals surface area contributed by atoms with Crippen LogP contribution in [0.15, 0.2) is 12.2 Å². The highest BCUT2D eigenvalue weighted by Gasteiger charge is 1.83. The van der Waals surface area contributed by atoms with Gasteiger partial charge in [-0.3, -0.25) is 0 Å². The molecule has 0 bridgehead atoms. The predicted molar refractivity (Wildman–Crippen MR) is 61.1 cm³/mol. The van der Waals surface area contributed by atoms with Gasteiger partial charge in [0.2, 0.25) is 0 Å². The van der Waals surface area contributed by atoms with Crippen LogP contribution in [0.25, 0.3) is 0 Å². The van der Waals surface area contributed by atoms with Crippen LogP contribution in [0, 0.1) is 0 Å². The fourth-order valence-electron chi connectivity index (χ4n) is 1.24. The fourth-order valence-corrected chi connectivity index (χ4v) is 1.24. The van der Waals surface area contributed by atoms with Crippen molar-refractivity contribution in [2.75, 3.05) is 13.1 Å². The van der Waals surface area contributed by atoms with Gasteiger partial charge in [0.25, 0.3) is 0 Å². The molecule has 0 heterocycles. The molecule has 0 aliphatic carbocycles. The molecule has 0 aliphatic heterocycles. The first-order chi connectivity index (χ1) is 6.41. The largest absolute Gasteiger partial charge is 0.316 e. The first-order valence-corrected chi connectivity index (χ1v) is 5.77. The van der Waals surface area contributed by atoms with Crippen molar-refractivity contribution in [1.29, 1.82) is 0 Å². The molecular formula is C12H25N. The zero-order valence-corrected chi connectivity index (χ0v) is 9.31. The van der Waals surface area contributed by atoms with E-state index in [1.807, 2.05) is 0 Å². The maximum absolute atomic E-state index is 3.39. The highest BCUT2D eigenvalue weighted by molar-refractivity contribution is 4.81. The minimum atomic E-state index is 1.14. The van der Waals surface area contributed by atoms with Gasteiger partial charge in [0.15, 0.2) is 0 Å². The van der Waals surface area contributed by atoms with Crippen LogP contribution in [0.5, 0.6) is 0 Å².